The molecule has 3 rings (SSSR count). The highest BCUT2D eigenvalue weighted by atomic mass is 16.3. The molecule has 0 atom stereocenters. The molecular formula is C17H18N4O3. The number of nitrogens with one attached hydrogen (secondary N) is 1. The van der Waals surface area contributed by atoms with E-state index in [0.717, 1.165) is 17.4 Å². The van der Waals surface area contributed by atoms with Crippen LogP contribution in [0, 0.1) is 0 Å². The summed E-state index contributed by atoms with van der Waals surface area (Å²) < 4.78 is 0. The lowest BCUT2D eigenvalue weighted by Crippen LogP contribution is -2.12. The molecule has 0 aliphatic carbocycles. The quantitative estimate of drug-likeness (QED) is 0.474. The fraction of sp³-hybridized carbons (Fsp3) is 0.294. The zero-order valence-electron chi connectivity index (χ0n) is 13.3. The highest BCUT2D eigenvalue weighted by Crippen LogP contribution is 2.41. The number of hydrogen-bond acceptors (Lipinski definition) is 6. The highest BCUT2D eigenvalue weighted by Gasteiger charge is 2.21. The number of rotatable bonds is 6. The van der Waals surface area contributed by atoms with E-state index in [4.69, 9.17) is 10.8 Å². The number of hydrogen-bond donors (Lipinski definition) is 3. The van der Waals surface area contributed by atoms with Crippen LogP contribution >= 0.6 is 0 Å². The van der Waals surface area contributed by atoms with Gasteiger partial charge in [0.05, 0.1) is 29.2 Å². The molecule has 7 heteroatoms. The number of anilines is 2. The first kappa shape index (κ1) is 16.1. The maximum atomic E-state index is 12.1. The largest absolute Gasteiger partial charge is 0.397 e. The lowest BCUT2D eigenvalue weighted by Gasteiger charge is -2.12. The Morgan fingerprint density at radius 1 is 1.29 bits per heavy atom. The van der Waals surface area contributed by atoms with Gasteiger partial charge in [0.1, 0.15) is 5.69 Å². The van der Waals surface area contributed by atoms with Crippen LogP contribution in [-0.4, -0.2) is 34.6 Å². The number of amides is 1. The molecule has 7 nitrogen and oxygen atoms in total. The van der Waals surface area contributed by atoms with Crippen LogP contribution in [0.1, 0.15) is 42.2 Å². The van der Waals surface area contributed by atoms with Gasteiger partial charge in [0.2, 0.25) is 5.91 Å². The molecule has 0 bridgehead atoms. The zero-order valence-corrected chi connectivity index (χ0v) is 13.3. The second-order valence-electron chi connectivity index (χ2n) is 5.64. The number of benzene rings is 1. The second-order valence-corrected chi connectivity index (χ2v) is 5.64. The summed E-state index contributed by atoms with van der Waals surface area (Å²) in [7, 11) is 0. The van der Waals surface area contributed by atoms with Crippen LogP contribution in [-0.2, 0) is 4.79 Å². The van der Waals surface area contributed by atoms with Crippen molar-refractivity contribution in [3.63, 3.8) is 0 Å². The van der Waals surface area contributed by atoms with Crippen LogP contribution in [0.25, 0.3) is 10.9 Å². The van der Waals surface area contributed by atoms with E-state index in [-0.39, 0.29) is 30.4 Å². The van der Waals surface area contributed by atoms with Crippen LogP contribution in [0.4, 0.5) is 17.1 Å². The van der Waals surface area contributed by atoms with Crippen molar-refractivity contribution in [2.75, 3.05) is 17.7 Å². The first-order valence-corrected chi connectivity index (χ1v) is 7.80. The molecule has 0 saturated carbocycles. The minimum absolute atomic E-state index is 0.00551. The van der Waals surface area contributed by atoms with Crippen molar-refractivity contribution in [3.8, 4) is 0 Å². The first-order chi connectivity index (χ1) is 11.5. The Morgan fingerprint density at radius 3 is 2.79 bits per heavy atom. The molecule has 1 aromatic carbocycles. The third-order valence-corrected chi connectivity index (χ3v) is 3.82. The molecule has 2 aromatic rings. The number of aliphatic hydroxyl groups excluding tert-OH is 1. The number of carbonyl (C=O) groups is 2. The summed E-state index contributed by atoms with van der Waals surface area (Å²) >= 11 is 0. The first-order valence-electron chi connectivity index (χ1n) is 7.80. The Bertz CT molecular complexity index is 874. The van der Waals surface area contributed by atoms with E-state index in [1.807, 2.05) is 6.92 Å². The standard InChI is InChI=1S/C17H18N4O3/c1-2-3-14(24)20-12-7-10(18)16-15-9(8-19-16)6-11(21-17(12)15)13(23)4-5-22/h6-8,22H,2-5,18H2,1H3,(H,20,24). The molecule has 0 unspecified atom stereocenters. The Kier molecular flexibility index (Phi) is 4.26. The van der Waals surface area contributed by atoms with Crippen LogP contribution in [0.15, 0.2) is 17.1 Å². The van der Waals surface area contributed by atoms with Crippen molar-refractivity contribution in [1.29, 1.82) is 0 Å². The molecule has 24 heavy (non-hydrogen) atoms. The number of nitrogens with zero attached hydrogens (tertiary/aromatic N) is 2. The van der Waals surface area contributed by atoms with Crippen molar-refractivity contribution in [3.05, 3.63) is 23.4 Å². The Morgan fingerprint density at radius 2 is 2.08 bits per heavy atom. The minimum Gasteiger partial charge on any atom is -0.397 e. The number of aromatic nitrogens is 1. The van der Waals surface area contributed by atoms with Gasteiger partial charge >= 0.3 is 0 Å². The van der Waals surface area contributed by atoms with E-state index in [0.29, 0.717) is 29.0 Å². The zero-order chi connectivity index (χ0) is 17.3. The van der Waals surface area contributed by atoms with Gasteiger partial charge in [-0.1, -0.05) is 6.92 Å². The molecule has 0 fully saturated rings. The van der Waals surface area contributed by atoms with E-state index in [9.17, 15) is 9.59 Å². The van der Waals surface area contributed by atoms with Crippen LogP contribution in [0.5, 0.6) is 0 Å². The van der Waals surface area contributed by atoms with Gasteiger partial charge in [-0.05, 0) is 18.6 Å². The number of pyridine rings is 1. The van der Waals surface area contributed by atoms with Gasteiger partial charge in [0.15, 0.2) is 5.78 Å². The molecule has 2 heterocycles. The molecule has 1 aromatic heterocycles. The monoisotopic (exact) mass is 326 g/mol. The SMILES string of the molecule is CCCC(=O)Nc1cc(N)c2c3c(cc(C(=O)CCO)nc13)C=N2. The fourth-order valence-corrected chi connectivity index (χ4v) is 2.73. The summed E-state index contributed by atoms with van der Waals surface area (Å²) in [6.45, 7) is 1.67. The van der Waals surface area contributed by atoms with Crippen molar-refractivity contribution >= 4 is 45.9 Å². The van der Waals surface area contributed by atoms with Crippen molar-refractivity contribution in [2.45, 2.75) is 26.2 Å². The number of ketones is 1. The molecule has 4 N–H and O–H groups in total. The lowest BCUT2D eigenvalue weighted by molar-refractivity contribution is -0.116. The molecule has 1 aliphatic heterocycles. The smallest absolute Gasteiger partial charge is 0.224 e. The van der Waals surface area contributed by atoms with Gasteiger partial charge < -0.3 is 16.2 Å². The fourth-order valence-electron chi connectivity index (χ4n) is 2.73. The summed E-state index contributed by atoms with van der Waals surface area (Å²) in [4.78, 5) is 32.7. The number of nitrogens with two attached hydrogens (primary N) is 1. The molecule has 1 aliphatic rings. The van der Waals surface area contributed by atoms with Gasteiger partial charge in [-0.15, -0.1) is 0 Å². The molecule has 0 spiro atoms. The predicted octanol–water partition coefficient (Wildman–Crippen LogP) is 2.18. The van der Waals surface area contributed by atoms with Gasteiger partial charge in [0.25, 0.3) is 0 Å². The van der Waals surface area contributed by atoms with E-state index < -0.39 is 0 Å². The normalized spacial score (nSPS) is 11.9. The van der Waals surface area contributed by atoms with E-state index in [1.165, 1.54) is 0 Å². The summed E-state index contributed by atoms with van der Waals surface area (Å²) in [6, 6.07) is 3.25. The van der Waals surface area contributed by atoms with Crippen molar-refractivity contribution < 1.29 is 14.7 Å². The number of Topliss-reactive ketones (excluding diaryl/α,β-unsaturated/α-hetero) is 1. The molecular weight excluding hydrogens is 308 g/mol. The van der Waals surface area contributed by atoms with E-state index >= 15 is 0 Å². The van der Waals surface area contributed by atoms with Gasteiger partial charge in [0, 0.05) is 30.0 Å². The predicted molar refractivity (Wildman–Crippen MR) is 93.0 cm³/mol. The number of aliphatic imine (C=N–C) groups is 1. The van der Waals surface area contributed by atoms with Gasteiger partial charge in [-0.3, -0.25) is 14.6 Å². The van der Waals surface area contributed by atoms with Crippen LogP contribution < -0.4 is 11.1 Å². The van der Waals surface area contributed by atoms with E-state index in [2.05, 4.69) is 15.3 Å². The minimum atomic E-state index is -0.264. The molecule has 1 amide bonds. The average Bonchev–Trinajstić information content (AvgIpc) is 2.97. The van der Waals surface area contributed by atoms with Gasteiger partial charge in [-0.2, -0.15) is 0 Å². The summed E-state index contributed by atoms with van der Waals surface area (Å²) in [5.74, 6) is -0.401. The Hall–Kier alpha value is -2.80. The van der Waals surface area contributed by atoms with Crippen LogP contribution in [0.3, 0.4) is 0 Å². The van der Waals surface area contributed by atoms with Crippen molar-refractivity contribution in [1.82, 2.24) is 4.98 Å². The third-order valence-electron chi connectivity index (χ3n) is 3.82. The summed E-state index contributed by atoms with van der Waals surface area (Å²) in [5, 5.41) is 12.5. The Balaban J connectivity index is 2.17. The van der Waals surface area contributed by atoms with Gasteiger partial charge in [-0.25, -0.2) is 4.98 Å². The third kappa shape index (κ3) is 2.74. The maximum absolute atomic E-state index is 12.1. The van der Waals surface area contributed by atoms with Crippen molar-refractivity contribution in [2.24, 2.45) is 4.99 Å². The summed E-state index contributed by atoms with van der Waals surface area (Å²) in [5.41, 5.74) is 9.00. The summed E-state index contributed by atoms with van der Waals surface area (Å²) in [6.07, 6.45) is 2.73. The maximum Gasteiger partial charge on any atom is 0.224 e. The number of carbonyl (C=O) groups excluding carboxylic acids is 2. The second kappa shape index (κ2) is 6.37. The molecule has 0 radical (unpaired) electrons. The average molecular weight is 326 g/mol. The number of nitrogen functional groups attached to an aromatic ring is 1. The van der Waals surface area contributed by atoms with E-state index in [1.54, 1.807) is 18.3 Å². The molecule has 124 valence electrons. The topological polar surface area (TPSA) is 118 Å². The number of aliphatic hydroxyl groups is 1. The highest BCUT2D eigenvalue weighted by molar-refractivity contribution is 6.18. The molecule has 0 saturated heterocycles. The lowest BCUT2D eigenvalue weighted by atomic mass is 10.0. The van der Waals surface area contributed by atoms with Crippen LogP contribution in [0.2, 0.25) is 0 Å². The Labute approximate surface area is 138 Å².